The third-order valence-corrected chi connectivity index (χ3v) is 10.2. The van der Waals surface area contributed by atoms with E-state index in [4.69, 9.17) is 4.84 Å². The van der Waals surface area contributed by atoms with E-state index in [0.29, 0.717) is 17.2 Å². The maximum absolute atomic E-state index is 14.5. The summed E-state index contributed by atoms with van der Waals surface area (Å²) in [6.45, 7) is 14.9. The van der Waals surface area contributed by atoms with Crippen molar-refractivity contribution in [1.82, 2.24) is 4.57 Å². The van der Waals surface area contributed by atoms with Gasteiger partial charge in [-0.3, -0.25) is 4.79 Å². The van der Waals surface area contributed by atoms with Crippen molar-refractivity contribution >= 4 is 50.0 Å². The molecule has 0 fully saturated rings. The predicted molar refractivity (Wildman–Crippen MR) is 208 cm³/mol. The van der Waals surface area contributed by atoms with E-state index in [1.807, 2.05) is 26.0 Å². The average molecular weight is 665 g/mol. The first-order valence-corrected chi connectivity index (χ1v) is 18.1. The fraction of sp³-hybridized carbons (Fsp3) is 0.311. The molecule has 0 amide bonds. The second-order valence-electron chi connectivity index (χ2n) is 13.8. The van der Waals surface area contributed by atoms with Crippen molar-refractivity contribution in [2.24, 2.45) is 11.1 Å². The highest BCUT2D eigenvalue weighted by molar-refractivity contribution is 6.27. The molecule has 0 aliphatic carbocycles. The van der Waals surface area contributed by atoms with Crippen LogP contribution in [-0.4, -0.2) is 22.0 Å². The number of oxime groups is 1. The van der Waals surface area contributed by atoms with Gasteiger partial charge in [-0.25, -0.2) is 4.79 Å². The summed E-state index contributed by atoms with van der Waals surface area (Å²) in [6.07, 6.45) is 5.92. The number of aromatic nitrogens is 1. The van der Waals surface area contributed by atoms with Crippen LogP contribution in [0.2, 0.25) is 0 Å². The molecular formula is C45H48N2O3. The van der Waals surface area contributed by atoms with Gasteiger partial charge in [-0.1, -0.05) is 117 Å². The Kier molecular flexibility index (Phi) is 10.3. The Labute approximate surface area is 295 Å². The summed E-state index contributed by atoms with van der Waals surface area (Å²) in [7, 11) is 0. The molecule has 0 saturated heterocycles. The molecule has 0 aliphatic heterocycles. The SMILES string of the molecule is CCCCC(CC)Cc1ccc(/C(=N\OC(C)=O)c2ccc3c(c2)c2cc(C(=O)c4c(C)cc(C)cc4C)c4ccccc4c2n3CC)cc1. The van der Waals surface area contributed by atoms with Crippen molar-refractivity contribution in [3.63, 3.8) is 0 Å². The quantitative estimate of drug-likeness (QED) is 0.0566. The van der Waals surface area contributed by atoms with Gasteiger partial charge in [-0.2, -0.15) is 0 Å². The summed E-state index contributed by atoms with van der Waals surface area (Å²) in [4.78, 5) is 31.7. The topological polar surface area (TPSA) is 60.7 Å². The molecule has 1 aromatic heterocycles. The number of unbranched alkanes of at least 4 members (excludes halogenated alkanes) is 1. The van der Waals surface area contributed by atoms with Gasteiger partial charge in [0.15, 0.2) is 5.78 Å². The summed E-state index contributed by atoms with van der Waals surface area (Å²) >= 11 is 0. The summed E-state index contributed by atoms with van der Waals surface area (Å²) < 4.78 is 2.33. The van der Waals surface area contributed by atoms with E-state index >= 15 is 0 Å². The second-order valence-corrected chi connectivity index (χ2v) is 13.8. The van der Waals surface area contributed by atoms with Crippen LogP contribution in [0.1, 0.15) is 103 Å². The van der Waals surface area contributed by atoms with Crippen LogP contribution in [0.15, 0.2) is 90.1 Å². The van der Waals surface area contributed by atoms with Gasteiger partial charge in [0, 0.05) is 57.4 Å². The lowest BCUT2D eigenvalue weighted by Crippen LogP contribution is -2.08. The molecule has 1 atom stereocenters. The minimum Gasteiger partial charge on any atom is -0.340 e. The van der Waals surface area contributed by atoms with Gasteiger partial charge in [-0.15, -0.1) is 0 Å². The molecule has 0 aliphatic rings. The van der Waals surface area contributed by atoms with Crippen LogP contribution in [-0.2, 0) is 22.6 Å². The van der Waals surface area contributed by atoms with Crippen molar-refractivity contribution in [3.05, 3.63) is 129 Å². The third kappa shape index (κ3) is 6.74. The highest BCUT2D eigenvalue weighted by atomic mass is 16.7. The van der Waals surface area contributed by atoms with Gasteiger partial charge >= 0.3 is 5.97 Å². The minimum atomic E-state index is -0.471. The molecule has 0 radical (unpaired) electrons. The van der Waals surface area contributed by atoms with E-state index in [1.165, 1.54) is 38.2 Å². The van der Waals surface area contributed by atoms with Crippen molar-refractivity contribution in [2.45, 2.75) is 87.1 Å². The Balaban J connectivity index is 1.52. The minimum absolute atomic E-state index is 0.0314. The van der Waals surface area contributed by atoms with E-state index in [0.717, 1.165) is 78.9 Å². The number of hydrogen-bond donors (Lipinski definition) is 0. The van der Waals surface area contributed by atoms with Crippen LogP contribution < -0.4 is 0 Å². The molecule has 0 saturated carbocycles. The van der Waals surface area contributed by atoms with Gasteiger partial charge in [0.05, 0.1) is 5.52 Å². The number of ketones is 1. The Morgan fingerprint density at radius 1 is 0.780 bits per heavy atom. The Bertz CT molecular complexity index is 2230. The van der Waals surface area contributed by atoms with E-state index in [9.17, 15) is 9.59 Å². The molecular weight excluding hydrogens is 617 g/mol. The van der Waals surface area contributed by atoms with Crippen LogP contribution >= 0.6 is 0 Å². The lowest BCUT2D eigenvalue weighted by atomic mass is 9.89. The Morgan fingerprint density at radius 2 is 1.46 bits per heavy atom. The number of carbonyl (C=O) groups excluding carboxylic acids is 2. The molecule has 0 spiro atoms. The Morgan fingerprint density at radius 3 is 2.10 bits per heavy atom. The maximum atomic E-state index is 14.5. The van der Waals surface area contributed by atoms with Gasteiger partial charge in [0.2, 0.25) is 0 Å². The monoisotopic (exact) mass is 664 g/mol. The third-order valence-electron chi connectivity index (χ3n) is 10.2. The molecule has 5 nitrogen and oxygen atoms in total. The largest absolute Gasteiger partial charge is 0.340 e. The van der Waals surface area contributed by atoms with Gasteiger partial charge in [-0.05, 0) is 80.3 Å². The fourth-order valence-electron chi connectivity index (χ4n) is 7.76. The van der Waals surface area contributed by atoms with Crippen molar-refractivity contribution < 1.29 is 14.4 Å². The first kappa shape index (κ1) is 34.8. The van der Waals surface area contributed by atoms with E-state index < -0.39 is 5.97 Å². The lowest BCUT2D eigenvalue weighted by Gasteiger charge is -2.15. The molecule has 50 heavy (non-hydrogen) atoms. The molecule has 0 N–H and O–H groups in total. The number of aryl methyl sites for hydroxylation is 4. The van der Waals surface area contributed by atoms with Gasteiger partial charge in [0.25, 0.3) is 0 Å². The Hall–Kier alpha value is -5.03. The first-order valence-electron chi connectivity index (χ1n) is 18.1. The standard InChI is InChI=1S/C45H48N2O3/c1-8-11-14-32(9-2)25-33-17-19-34(20-18-33)43(46-50-31(7)48)35-21-22-41-38(26-35)39-27-40(45(49)42-29(5)23-28(4)24-30(42)6)36-15-12-13-16-37(36)44(39)47(41)10-3/h12-13,15-24,26-27,32H,8-11,14,25H2,1-7H3/b46-43+. The zero-order chi connectivity index (χ0) is 35.5. The number of nitrogens with zero attached hydrogens (tertiary/aromatic N) is 2. The number of carbonyl (C=O) groups is 2. The molecule has 1 heterocycles. The summed E-state index contributed by atoms with van der Waals surface area (Å²) in [6, 6.07) is 29.3. The highest BCUT2D eigenvalue weighted by Gasteiger charge is 2.23. The molecule has 5 heteroatoms. The molecule has 256 valence electrons. The molecule has 0 bridgehead atoms. The van der Waals surface area contributed by atoms with E-state index in [1.54, 1.807) is 0 Å². The second kappa shape index (κ2) is 14.8. The fourth-order valence-corrected chi connectivity index (χ4v) is 7.76. The number of benzene rings is 5. The zero-order valence-corrected chi connectivity index (χ0v) is 30.5. The summed E-state index contributed by atoms with van der Waals surface area (Å²) in [5.74, 6) is 0.227. The molecule has 5 aromatic carbocycles. The normalized spacial score (nSPS) is 12.6. The summed E-state index contributed by atoms with van der Waals surface area (Å²) in [5, 5.41) is 8.41. The molecule has 1 unspecified atom stereocenters. The van der Waals surface area contributed by atoms with Crippen LogP contribution in [0, 0.1) is 26.7 Å². The van der Waals surface area contributed by atoms with Crippen molar-refractivity contribution in [2.75, 3.05) is 0 Å². The smallest absolute Gasteiger partial charge is 0.332 e. The zero-order valence-electron chi connectivity index (χ0n) is 30.5. The van der Waals surface area contributed by atoms with Crippen LogP contribution in [0.5, 0.6) is 0 Å². The van der Waals surface area contributed by atoms with Crippen molar-refractivity contribution in [1.29, 1.82) is 0 Å². The van der Waals surface area contributed by atoms with Crippen molar-refractivity contribution in [3.8, 4) is 0 Å². The molecule has 6 aromatic rings. The van der Waals surface area contributed by atoms with E-state index in [2.05, 4.69) is 110 Å². The first-order chi connectivity index (χ1) is 24.1. The lowest BCUT2D eigenvalue weighted by molar-refractivity contribution is -0.140. The van der Waals surface area contributed by atoms with Crippen LogP contribution in [0.4, 0.5) is 0 Å². The van der Waals surface area contributed by atoms with Gasteiger partial charge in [0.1, 0.15) is 5.71 Å². The highest BCUT2D eigenvalue weighted by Crippen LogP contribution is 2.38. The maximum Gasteiger partial charge on any atom is 0.332 e. The number of hydrogen-bond acceptors (Lipinski definition) is 4. The van der Waals surface area contributed by atoms with E-state index in [-0.39, 0.29) is 5.78 Å². The number of rotatable bonds is 12. The summed E-state index contributed by atoms with van der Waals surface area (Å²) in [5.41, 5.74) is 10.3. The van der Waals surface area contributed by atoms with Gasteiger partial charge < -0.3 is 9.40 Å². The predicted octanol–water partition coefficient (Wildman–Crippen LogP) is 11.2. The molecule has 6 rings (SSSR count). The average Bonchev–Trinajstić information content (AvgIpc) is 3.42. The van der Waals surface area contributed by atoms with Crippen LogP contribution in [0.25, 0.3) is 32.6 Å². The number of fused-ring (bicyclic) bond motifs is 5. The van der Waals surface area contributed by atoms with Crippen LogP contribution in [0.3, 0.4) is 0 Å².